The Bertz CT molecular complexity index is 1180. The predicted molar refractivity (Wildman–Crippen MR) is 143 cm³/mol. The first-order chi connectivity index (χ1) is 15.4. The Morgan fingerprint density at radius 3 is 1.82 bits per heavy atom. The van der Waals surface area contributed by atoms with Gasteiger partial charge in [0, 0.05) is 0 Å². The van der Waals surface area contributed by atoms with Crippen molar-refractivity contribution in [2.24, 2.45) is 0 Å². The Hall–Kier alpha value is -1.14. The molecule has 3 heteroatoms. The number of fused-ring (bicyclic) bond motifs is 1. The molecule has 4 rings (SSSR count). The van der Waals surface area contributed by atoms with Crippen molar-refractivity contribution >= 4 is 23.1 Å². The molecule has 0 spiro atoms. The van der Waals surface area contributed by atoms with Crippen molar-refractivity contribution < 1.29 is 19.4 Å². The van der Waals surface area contributed by atoms with Gasteiger partial charge in [0.05, 0.1) is 0 Å². The molecule has 1 unspecified atom stereocenters. The van der Waals surface area contributed by atoms with Crippen molar-refractivity contribution in [2.75, 3.05) is 0 Å². The molecule has 0 nitrogen and oxygen atoms in total. The Balaban J connectivity index is 2.09. The fourth-order valence-corrected chi connectivity index (χ4v) is 10.4. The Morgan fingerprint density at radius 1 is 0.727 bits per heavy atom. The first-order valence-corrected chi connectivity index (χ1v) is 19.4. The molecular formula is C30H33Cl2Zr. The molecule has 1 aliphatic rings. The van der Waals surface area contributed by atoms with E-state index < -0.39 is 19.4 Å². The van der Waals surface area contributed by atoms with Crippen LogP contribution in [-0.2, 0) is 30.2 Å². The molecule has 0 radical (unpaired) electrons. The minimum atomic E-state index is -2.52. The molecule has 1 aliphatic carbocycles. The predicted octanol–water partition coefficient (Wildman–Crippen LogP) is 10.00. The summed E-state index contributed by atoms with van der Waals surface area (Å²) < 4.78 is 0.224. The Labute approximate surface area is 214 Å². The first-order valence-electron chi connectivity index (χ1n) is 11.6. The molecule has 0 heterocycles. The molecule has 33 heavy (non-hydrogen) atoms. The molecule has 0 aromatic heterocycles. The van der Waals surface area contributed by atoms with Crippen molar-refractivity contribution in [3.8, 4) is 22.3 Å². The van der Waals surface area contributed by atoms with Crippen LogP contribution >= 0.6 is 17.0 Å². The number of hydrogen-bond acceptors (Lipinski definition) is 0. The molecule has 0 amide bonds. The number of hydrogen-bond donors (Lipinski definition) is 0. The van der Waals surface area contributed by atoms with Crippen molar-refractivity contribution in [2.45, 2.75) is 62.9 Å². The van der Waals surface area contributed by atoms with Crippen molar-refractivity contribution in [1.29, 1.82) is 0 Å². The van der Waals surface area contributed by atoms with E-state index in [0.717, 1.165) is 0 Å². The first kappa shape index (κ1) is 25.0. The van der Waals surface area contributed by atoms with Gasteiger partial charge in [0.2, 0.25) is 0 Å². The topological polar surface area (TPSA) is 0 Å². The molecule has 0 fully saturated rings. The van der Waals surface area contributed by atoms with Crippen LogP contribution in [0.5, 0.6) is 0 Å². The second kappa shape index (κ2) is 9.14. The van der Waals surface area contributed by atoms with E-state index in [9.17, 15) is 0 Å². The third-order valence-electron chi connectivity index (χ3n) is 6.67. The quantitative estimate of drug-likeness (QED) is 0.302. The van der Waals surface area contributed by atoms with Gasteiger partial charge in [0.1, 0.15) is 0 Å². The summed E-state index contributed by atoms with van der Waals surface area (Å²) in [5, 5.41) is 0. The average molecular weight is 556 g/mol. The van der Waals surface area contributed by atoms with E-state index in [1.165, 1.54) is 50.1 Å². The SMILES string of the molecule is CC1=Cc2c(ccc(-c3ccccc3)c2-c2cc(C(C)(C)C)cc(C(C)(C)C)c2)[CH]1[Zr]([Cl])[Cl]. The summed E-state index contributed by atoms with van der Waals surface area (Å²) in [7, 11) is 13.3. The second-order valence-electron chi connectivity index (χ2n) is 11.3. The van der Waals surface area contributed by atoms with E-state index in [-0.39, 0.29) is 14.5 Å². The monoisotopic (exact) mass is 553 g/mol. The summed E-state index contributed by atoms with van der Waals surface area (Å²) in [6.45, 7) is 16.0. The van der Waals surface area contributed by atoms with Crippen LogP contribution in [-0.4, -0.2) is 0 Å². The van der Waals surface area contributed by atoms with Crippen LogP contribution < -0.4 is 0 Å². The second-order valence-corrected chi connectivity index (χ2v) is 20.1. The maximum atomic E-state index is 6.65. The van der Waals surface area contributed by atoms with Crippen LogP contribution in [0.2, 0.25) is 0 Å². The van der Waals surface area contributed by atoms with E-state index in [2.05, 4.69) is 115 Å². The van der Waals surface area contributed by atoms with Crippen molar-refractivity contribution in [1.82, 2.24) is 0 Å². The van der Waals surface area contributed by atoms with Crippen LogP contribution in [0.25, 0.3) is 28.3 Å². The van der Waals surface area contributed by atoms with Gasteiger partial charge < -0.3 is 0 Å². The standard InChI is InChI=1S/C30H33.2ClH.Zr/c1-20-15-22-13-14-26(21-11-9-8-10-12-21)28(27(22)16-20)23-17-24(29(2,3)4)19-25(18-23)30(5,6)7;;;/h8-19H,1-7H3;2*1H;/q;;;+2/p-2. The van der Waals surface area contributed by atoms with Gasteiger partial charge in [-0.3, -0.25) is 0 Å². The number of allylic oxidation sites excluding steroid dienone is 1. The van der Waals surface area contributed by atoms with Crippen molar-refractivity contribution in [3.05, 3.63) is 88.5 Å². The van der Waals surface area contributed by atoms with Gasteiger partial charge in [0.15, 0.2) is 0 Å². The zero-order chi connectivity index (χ0) is 24.1. The van der Waals surface area contributed by atoms with E-state index in [1.54, 1.807) is 0 Å². The van der Waals surface area contributed by atoms with E-state index in [4.69, 9.17) is 17.0 Å². The van der Waals surface area contributed by atoms with Gasteiger partial charge in [-0.15, -0.1) is 0 Å². The molecule has 3 aromatic carbocycles. The average Bonchev–Trinajstić information content (AvgIpc) is 3.08. The molecule has 0 N–H and O–H groups in total. The molecule has 3 aromatic rings. The van der Waals surface area contributed by atoms with Crippen LogP contribution in [0.3, 0.4) is 0 Å². The molecular weight excluding hydrogens is 522 g/mol. The van der Waals surface area contributed by atoms with Crippen LogP contribution in [0, 0.1) is 0 Å². The summed E-state index contributed by atoms with van der Waals surface area (Å²) in [4.78, 5) is 0. The summed E-state index contributed by atoms with van der Waals surface area (Å²) in [5.41, 5.74) is 11.8. The summed E-state index contributed by atoms with van der Waals surface area (Å²) in [6.07, 6.45) is 2.34. The van der Waals surface area contributed by atoms with Crippen molar-refractivity contribution in [3.63, 3.8) is 0 Å². The molecule has 0 saturated carbocycles. The van der Waals surface area contributed by atoms with Gasteiger partial charge in [0.25, 0.3) is 0 Å². The number of rotatable bonds is 3. The zero-order valence-corrected chi connectivity index (χ0v) is 24.7. The maximum absolute atomic E-state index is 6.65. The molecule has 0 saturated heterocycles. The number of benzene rings is 3. The third-order valence-corrected chi connectivity index (χ3v) is 12.2. The Morgan fingerprint density at radius 2 is 1.30 bits per heavy atom. The van der Waals surface area contributed by atoms with E-state index >= 15 is 0 Å². The molecule has 0 aliphatic heterocycles. The zero-order valence-electron chi connectivity index (χ0n) is 20.7. The number of halogens is 2. The fourth-order valence-electron chi connectivity index (χ4n) is 4.70. The Kier molecular flexibility index (Phi) is 6.92. The van der Waals surface area contributed by atoms with Gasteiger partial charge in [-0.1, -0.05) is 0 Å². The summed E-state index contributed by atoms with van der Waals surface area (Å²) in [5.74, 6) is 0. The van der Waals surface area contributed by atoms with E-state index in [1.807, 2.05) is 0 Å². The summed E-state index contributed by atoms with van der Waals surface area (Å²) >= 11 is -2.52. The van der Waals surface area contributed by atoms with Gasteiger partial charge in [-0.05, 0) is 0 Å². The molecule has 171 valence electrons. The summed E-state index contributed by atoms with van der Waals surface area (Å²) in [6, 6.07) is 22.5. The van der Waals surface area contributed by atoms with Gasteiger partial charge in [-0.2, -0.15) is 0 Å². The van der Waals surface area contributed by atoms with Crippen LogP contribution in [0.4, 0.5) is 0 Å². The van der Waals surface area contributed by atoms with Crippen LogP contribution in [0.15, 0.2) is 66.2 Å². The van der Waals surface area contributed by atoms with E-state index in [0.29, 0.717) is 0 Å². The molecule has 0 bridgehead atoms. The van der Waals surface area contributed by atoms with Gasteiger partial charge >= 0.3 is 216 Å². The molecule has 1 atom stereocenters. The normalized spacial score (nSPS) is 15.9. The minimum absolute atomic E-state index is 0.0579. The van der Waals surface area contributed by atoms with Gasteiger partial charge in [-0.25, -0.2) is 0 Å². The van der Waals surface area contributed by atoms with Crippen LogP contribution in [0.1, 0.15) is 74.3 Å². The fraction of sp³-hybridized carbons (Fsp3) is 0.333. The third kappa shape index (κ3) is 4.98.